The van der Waals surface area contributed by atoms with Crippen LogP contribution in [0.25, 0.3) is 0 Å². The lowest BCUT2D eigenvalue weighted by molar-refractivity contribution is 0.0852. The van der Waals surface area contributed by atoms with Crippen LogP contribution in [0.3, 0.4) is 0 Å². The largest absolute Gasteiger partial charge is 0.394 e. The van der Waals surface area contributed by atoms with E-state index in [1.807, 2.05) is 33.8 Å². The third kappa shape index (κ3) is 5.06. The summed E-state index contributed by atoms with van der Waals surface area (Å²) < 4.78 is 1.29. The van der Waals surface area contributed by atoms with Gasteiger partial charge in [0.25, 0.3) is 0 Å². The van der Waals surface area contributed by atoms with E-state index >= 15 is 0 Å². The minimum atomic E-state index is -0.134. The van der Waals surface area contributed by atoms with Gasteiger partial charge in [-0.05, 0) is 19.8 Å². The Labute approximate surface area is 117 Å². The predicted molar refractivity (Wildman–Crippen MR) is 72.9 cm³/mol. The van der Waals surface area contributed by atoms with Gasteiger partial charge in [0.15, 0.2) is 0 Å². The summed E-state index contributed by atoms with van der Waals surface area (Å²) in [7, 11) is 0. The van der Waals surface area contributed by atoms with Crippen LogP contribution in [-0.4, -0.2) is 39.0 Å². The van der Waals surface area contributed by atoms with Crippen LogP contribution in [0.4, 0.5) is 0 Å². The molecule has 0 amide bonds. The molecular weight excluding hydrogens is 260 g/mol. The van der Waals surface area contributed by atoms with Crippen LogP contribution in [0.2, 0.25) is 0 Å². The molecule has 0 aromatic carbocycles. The highest BCUT2D eigenvalue weighted by Gasteiger charge is 2.15. The van der Waals surface area contributed by atoms with Gasteiger partial charge in [-0.25, -0.2) is 4.98 Å². The first kappa shape index (κ1) is 15.6. The maximum Gasteiger partial charge on any atom is 0.234 e. The zero-order valence-corrected chi connectivity index (χ0v) is 12.0. The first-order chi connectivity index (χ1) is 9.54. The molecule has 108 valence electrons. The second-order valence-electron chi connectivity index (χ2n) is 4.65. The third-order valence-electron chi connectivity index (χ3n) is 1.87. The second-order valence-corrected chi connectivity index (χ2v) is 4.65. The number of nitriles is 1. The second kappa shape index (κ2) is 7.89. The van der Waals surface area contributed by atoms with Crippen molar-refractivity contribution in [1.82, 2.24) is 14.8 Å². The topological polar surface area (TPSA) is 97.7 Å². The molecule has 0 aliphatic heterocycles. The van der Waals surface area contributed by atoms with E-state index < -0.39 is 0 Å². The Morgan fingerprint density at radius 1 is 1.35 bits per heavy atom. The minimum absolute atomic E-state index is 0.0307. The van der Waals surface area contributed by atoms with Crippen LogP contribution in [-0.2, 0) is 9.68 Å². The van der Waals surface area contributed by atoms with Crippen LogP contribution < -0.4 is 0 Å². The van der Waals surface area contributed by atoms with Gasteiger partial charge in [0.1, 0.15) is 31.4 Å². The lowest BCUT2D eigenvalue weighted by Gasteiger charge is -2.07. The average molecular weight is 278 g/mol. The molecular formula is C12H18N6O2. The fourth-order valence-electron chi connectivity index (χ4n) is 1.03. The predicted octanol–water partition coefficient (Wildman–Crippen LogP) is 1.42. The summed E-state index contributed by atoms with van der Waals surface area (Å²) in [5.41, 5.74) is -0.0307. The first-order valence-electron chi connectivity index (χ1n) is 6.23. The molecule has 1 aromatic rings. The molecule has 20 heavy (non-hydrogen) atoms. The molecule has 0 unspecified atom stereocenters. The smallest absolute Gasteiger partial charge is 0.234 e. The fraction of sp³-hybridized carbons (Fsp3) is 0.583. The number of rotatable bonds is 6. The van der Waals surface area contributed by atoms with Gasteiger partial charge < -0.3 is 9.68 Å². The van der Waals surface area contributed by atoms with Crippen molar-refractivity contribution in [3.05, 3.63) is 12.7 Å². The summed E-state index contributed by atoms with van der Waals surface area (Å²) in [6.45, 7) is 8.01. The van der Waals surface area contributed by atoms with Gasteiger partial charge >= 0.3 is 0 Å². The van der Waals surface area contributed by atoms with Gasteiger partial charge in [-0.3, -0.25) is 0 Å². The summed E-state index contributed by atoms with van der Waals surface area (Å²) in [6, 6.07) is 1.91. The number of oxime groups is 2. The van der Waals surface area contributed by atoms with Gasteiger partial charge in [0.05, 0.1) is 0 Å². The summed E-state index contributed by atoms with van der Waals surface area (Å²) in [4.78, 5) is 14.1. The standard InChI is InChI=1S/C12H18N6O2/c1-9(2)6-19-16-11(5-13)12(17-20-10(3)4)18-8-14-7-15-18/h7-10H,6H2,1-4H3/b16-11-,17-12-. The van der Waals surface area contributed by atoms with Crippen molar-refractivity contribution in [2.24, 2.45) is 16.2 Å². The highest BCUT2D eigenvalue weighted by Crippen LogP contribution is 1.98. The maximum absolute atomic E-state index is 9.17. The van der Waals surface area contributed by atoms with E-state index in [2.05, 4.69) is 20.4 Å². The molecule has 0 bridgehead atoms. The average Bonchev–Trinajstić information content (AvgIpc) is 2.90. The van der Waals surface area contributed by atoms with E-state index in [0.717, 1.165) is 0 Å². The highest BCUT2D eigenvalue weighted by molar-refractivity contribution is 6.47. The number of hydrogen-bond donors (Lipinski definition) is 0. The van der Waals surface area contributed by atoms with Crippen LogP contribution in [0.1, 0.15) is 27.7 Å². The maximum atomic E-state index is 9.17. The van der Waals surface area contributed by atoms with Crippen molar-refractivity contribution in [2.75, 3.05) is 6.61 Å². The lowest BCUT2D eigenvalue weighted by atomic mass is 10.2. The van der Waals surface area contributed by atoms with E-state index in [4.69, 9.17) is 14.9 Å². The van der Waals surface area contributed by atoms with Crippen molar-refractivity contribution < 1.29 is 9.68 Å². The van der Waals surface area contributed by atoms with Crippen molar-refractivity contribution in [3.8, 4) is 6.07 Å². The van der Waals surface area contributed by atoms with Crippen LogP contribution in [0.5, 0.6) is 0 Å². The summed E-state index contributed by atoms with van der Waals surface area (Å²) in [6.07, 6.45) is 2.59. The van der Waals surface area contributed by atoms with E-state index in [1.165, 1.54) is 17.3 Å². The Bertz CT molecular complexity index is 499. The number of nitrogens with zero attached hydrogens (tertiary/aromatic N) is 6. The Hall–Kier alpha value is -2.43. The Morgan fingerprint density at radius 2 is 2.10 bits per heavy atom. The van der Waals surface area contributed by atoms with Gasteiger partial charge in [0.2, 0.25) is 11.5 Å². The molecule has 8 nitrogen and oxygen atoms in total. The molecule has 1 heterocycles. The summed E-state index contributed by atoms with van der Waals surface area (Å²) in [5.74, 6) is 0.430. The molecule has 0 saturated heterocycles. The monoisotopic (exact) mass is 278 g/mol. The molecule has 1 aromatic heterocycles. The van der Waals surface area contributed by atoms with Gasteiger partial charge in [0, 0.05) is 0 Å². The molecule has 0 aliphatic carbocycles. The Morgan fingerprint density at radius 3 is 2.60 bits per heavy atom. The third-order valence-corrected chi connectivity index (χ3v) is 1.87. The molecule has 0 atom stereocenters. The highest BCUT2D eigenvalue weighted by atomic mass is 16.6. The normalized spacial score (nSPS) is 12.7. The van der Waals surface area contributed by atoms with Crippen molar-refractivity contribution >= 4 is 11.5 Å². The molecule has 0 saturated carbocycles. The van der Waals surface area contributed by atoms with Crippen molar-refractivity contribution in [3.63, 3.8) is 0 Å². The molecule has 8 heteroatoms. The van der Waals surface area contributed by atoms with E-state index in [9.17, 15) is 0 Å². The summed E-state index contributed by atoms with van der Waals surface area (Å²) in [5, 5.41) is 20.7. The van der Waals surface area contributed by atoms with E-state index in [-0.39, 0.29) is 17.7 Å². The minimum Gasteiger partial charge on any atom is -0.394 e. The Kier molecular flexibility index (Phi) is 6.16. The molecule has 0 fully saturated rings. The molecule has 0 aliphatic rings. The van der Waals surface area contributed by atoms with Gasteiger partial charge in [-0.1, -0.05) is 24.2 Å². The van der Waals surface area contributed by atoms with Crippen molar-refractivity contribution in [2.45, 2.75) is 33.8 Å². The van der Waals surface area contributed by atoms with Crippen LogP contribution in [0.15, 0.2) is 23.0 Å². The molecule has 1 rings (SSSR count). The first-order valence-corrected chi connectivity index (χ1v) is 6.23. The number of aromatic nitrogens is 3. The van der Waals surface area contributed by atoms with Crippen molar-refractivity contribution in [1.29, 1.82) is 5.26 Å². The molecule has 0 spiro atoms. The quantitative estimate of drug-likeness (QED) is 0.445. The fourth-order valence-corrected chi connectivity index (χ4v) is 1.03. The zero-order valence-electron chi connectivity index (χ0n) is 12.0. The number of hydrogen-bond acceptors (Lipinski definition) is 7. The van der Waals surface area contributed by atoms with Crippen LogP contribution >= 0.6 is 0 Å². The van der Waals surface area contributed by atoms with E-state index in [0.29, 0.717) is 12.5 Å². The lowest BCUT2D eigenvalue weighted by Crippen LogP contribution is -2.24. The summed E-state index contributed by atoms with van der Waals surface area (Å²) >= 11 is 0. The zero-order chi connectivity index (χ0) is 15.0. The Balaban J connectivity index is 2.96. The SMILES string of the molecule is CC(C)CO/N=C(C#N)\C(=N\OC(C)C)n1cncn1. The van der Waals surface area contributed by atoms with Gasteiger partial charge in [-0.15, -0.1) is 0 Å². The molecule has 0 N–H and O–H groups in total. The molecule has 0 radical (unpaired) electrons. The van der Waals surface area contributed by atoms with E-state index in [1.54, 1.807) is 0 Å². The van der Waals surface area contributed by atoms with Gasteiger partial charge in [-0.2, -0.15) is 15.0 Å². The van der Waals surface area contributed by atoms with Crippen LogP contribution in [0, 0.1) is 17.2 Å².